The zero-order valence-electron chi connectivity index (χ0n) is 15.9. The van der Waals surface area contributed by atoms with Gasteiger partial charge in [0.15, 0.2) is 11.5 Å². The Morgan fingerprint density at radius 1 is 1.00 bits per heavy atom. The second kappa shape index (κ2) is 7.51. The molecule has 1 aromatic heterocycles. The molecule has 25 heavy (non-hydrogen) atoms. The van der Waals surface area contributed by atoms with Gasteiger partial charge in [-0.05, 0) is 33.8 Å². The first-order chi connectivity index (χ1) is 11.8. The standard InChI is InChI=1S/C19H26N2O4/c1-11(2)21-12(3)8-15(13(21)4)19(22)20-14-9-16(23-5)18(25-7)17(10-14)24-6/h8-11H,1-7H3,(H,20,22). The number of hydrogen-bond donors (Lipinski definition) is 1. The number of amides is 1. The molecule has 6 nitrogen and oxygen atoms in total. The van der Waals surface area contributed by atoms with E-state index < -0.39 is 0 Å². The van der Waals surface area contributed by atoms with Crippen LogP contribution in [0.15, 0.2) is 18.2 Å². The van der Waals surface area contributed by atoms with Gasteiger partial charge in [-0.2, -0.15) is 0 Å². The summed E-state index contributed by atoms with van der Waals surface area (Å²) in [6.07, 6.45) is 0. The van der Waals surface area contributed by atoms with E-state index in [0.29, 0.717) is 34.5 Å². The largest absolute Gasteiger partial charge is 0.493 e. The molecular formula is C19H26N2O4. The van der Waals surface area contributed by atoms with Crippen LogP contribution in [-0.4, -0.2) is 31.8 Å². The Hall–Kier alpha value is -2.63. The lowest BCUT2D eigenvalue weighted by molar-refractivity contribution is 0.102. The summed E-state index contributed by atoms with van der Waals surface area (Å²) in [7, 11) is 4.62. The van der Waals surface area contributed by atoms with Gasteiger partial charge in [0.05, 0.1) is 26.9 Å². The lowest BCUT2D eigenvalue weighted by Crippen LogP contribution is -2.14. The van der Waals surface area contributed by atoms with Crippen molar-refractivity contribution in [3.63, 3.8) is 0 Å². The molecule has 0 unspecified atom stereocenters. The van der Waals surface area contributed by atoms with E-state index in [1.807, 2.05) is 19.9 Å². The van der Waals surface area contributed by atoms with Crippen LogP contribution in [0.4, 0.5) is 5.69 Å². The molecule has 0 saturated heterocycles. The van der Waals surface area contributed by atoms with Gasteiger partial charge in [-0.15, -0.1) is 0 Å². The minimum absolute atomic E-state index is 0.172. The highest BCUT2D eigenvalue weighted by Gasteiger charge is 2.19. The first-order valence-corrected chi connectivity index (χ1v) is 8.13. The maximum atomic E-state index is 12.7. The number of aryl methyl sites for hydroxylation is 1. The van der Waals surface area contributed by atoms with Gasteiger partial charge >= 0.3 is 0 Å². The summed E-state index contributed by atoms with van der Waals surface area (Å²) in [5.74, 6) is 1.30. The van der Waals surface area contributed by atoms with Crippen molar-refractivity contribution in [2.75, 3.05) is 26.6 Å². The number of carbonyl (C=O) groups is 1. The molecule has 1 N–H and O–H groups in total. The third kappa shape index (κ3) is 3.57. The Morgan fingerprint density at radius 3 is 1.96 bits per heavy atom. The summed E-state index contributed by atoms with van der Waals surface area (Å²) in [5.41, 5.74) is 3.23. The molecule has 0 saturated carbocycles. The van der Waals surface area contributed by atoms with E-state index in [4.69, 9.17) is 14.2 Å². The van der Waals surface area contributed by atoms with Crippen LogP contribution in [-0.2, 0) is 0 Å². The van der Waals surface area contributed by atoms with Crippen molar-refractivity contribution < 1.29 is 19.0 Å². The van der Waals surface area contributed by atoms with Gasteiger partial charge in [0.1, 0.15) is 0 Å². The summed E-state index contributed by atoms with van der Waals surface area (Å²) < 4.78 is 18.1. The van der Waals surface area contributed by atoms with E-state index in [0.717, 1.165) is 11.4 Å². The molecule has 0 fully saturated rings. The van der Waals surface area contributed by atoms with Crippen LogP contribution in [0.5, 0.6) is 17.2 Å². The van der Waals surface area contributed by atoms with Crippen LogP contribution in [0.25, 0.3) is 0 Å². The summed E-state index contributed by atoms with van der Waals surface area (Å²) in [6.45, 7) is 8.15. The molecule has 1 amide bonds. The molecule has 0 bridgehead atoms. The Morgan fingerprint density at radius 2 is 1.56 bits per heavy atom. The smallest absolute Gasteiger partial charge is 0.257 e. The number of nitrogens with one attached hydrogen (secondary N) is 1. The molecule has 6 heteroatoms. The van der Waals surface area contributed by atoms with E-state index in [-0.39, 0.29) is 5.91 Å². The first-order valence-electron chi connectivity index (χ1n) is 8.13. The Bertz CT molecular complexity index is 753. The van der Waals surface area contributed by atoms with Gasteiger partial charge in [-0.25, -0.2) is 0 Å². The highest BCUT2D eigenvalue weighted by atomic mass is 16.5. The number of rotatable bonds is 6. The highest BCUT2D eigenvalue weighted by molar-refractivity contribution is 6.05. The summed E-state index contributed by atoms with van der Waals surface area (Å²) in [6, 6.07) is 5.62. The molecule has 136 valence electrons. The van der Waals surface area contributed by atoms with Crippen molar-refractivity contribution in [2.45, 2.75) is 33.7 Å². The molecule has 0 aliphatic heterocycles. The van der Waals surface area contributed by atoms with E-state index >= 15 is 0 Å². The highest BCUT2D eigenvalue weighted by Crippen LogP contribution is 2.40. The minimum atomic E-state index is -0.172. The number of anilines is 1. The molecule has 0 aliphatic rings. The van der Waals surface area contributed by atoms with Crippen LogP contribution < -0.4 is 19.5 Å². The maximum absolute atomic E-state index is 12.7. The minimum Gasteiger partial charge on any atom is -0.493 e. The van der Waals surface area contributed by atoms with Crippen LogP contribution in [0.1, 0.15) is 41.6 Å². The number of hydrogen-bond acceptors (Lipinski definition) is 4. The molecule has 0 spiro atoms. The van der Waals surface area contributed by atoms with Crippen molar-refractivity contribution in [3.8, 4) is 17.2 Å². The molecular weight excluding hydrogens is 320 g/mol. The zero-order chi connectivity index (χ0) is 18.7. The number of benzene rings is 1. The van der Waals surface area contributed by atoms with Gasteiger partial charge < -0.3 is 24.1 Å². The molecule has 1 heterocycles. The third-order valence-corrected chi connectivity index (χ3v) is 4.17. The number of nitrogens with zero attached hydrogens (tertiary/aromatic N) is 1. The quantitative estimate of drug-likeness (QED) is 0.860. The molecule has 1 aromatic carbocycles. The predicted octanol–water partition coefficient (Wildman–Crippen LogP) is 3.96. The predicted molar refractivity (Wildman–Crippen MR) is 98.3 cm³/mol. The van der Waals surface area contributed by atoms with Gasteiger partial charge in [-0.1, -0.05) is 0 Å². The average Bonchev–Trinajstić information content (AvgIpc) is 2.88. The van der Waals surface area contributed by atoms with Crippen molar-refractivity contribution in [1.82, 2.24) is 4.57 Å². The summed E-state index contributed by atoms with van der Waals surface area (Å²) in [4.78, 5) is 12.7. The third-order valence-electron chi connectivity index (χ3n) is 4.17. The lowest BCUT2D eigenvalue weighted by Gasteiger charge is -2.15. The maximum Gasteiger partial charge on any atom is 0.257 e. The van der Waals surface area contributed by atoms with Crippen LogP contribution in [0.2, 0.25) is 0 Å². The normalized spacial score (nSPS) is 10.7. The molecule has 0 radical (unpaired) electrons. The summed E-state index contributed by atoms with van der Waals surface area (Å²) in [5, 5.41) is 2.91. The second-order valence-corrected chi connectivity index (χ2v) is 6.12. The second-order valence-electron chi connectivity index (χ2n) is 6.12. The topological polar surface area (TPSA) is 61.7 Å². The molecule has 2 aromatic rings. The Balaban J connectivity index is 2.37. The molecule has 2 rings (SSSR count). The van der Waals surface area contributed by atoms with Gasteiger partial charge in [-0.3, -0.25) is 4.79 Å². The van der Waals surface area contributed by atoms with Crippen molar-refractivity contribution in [1.29, 1.82) is 0 Å². The van der Waals surface area contributed by atoms with Crippen LogP contribution in [0, 0.1) is 13.8 Å². The van der Waals surface area contributed by atoms with Crippen molar-refractivity contribution >= 4 is 11.6 Å². The zero-order valence-corrected chi connectivity index (χ0v) is 15.9. The van der Waals surface area contributed by atoms with Gasteiger partial charge in [0.25, 0.3) is 5.91 Å². The Labute approximate surface area is 148 Å². The first kappa shape index (κ1) is 18.7. The van der Waals surface area contributed by atoms with Gasteiger partial charge in [0.2, 0.25) is 5.75 Å². The number of carbonyl (C=O) groups excluding carboxylic acids is 1. The number of methoxy groups -OCH3 is 3. The number of ether oxygens (including phenoxy) is 3. The average molecular weight is 346 g/mol. The van der Waals surface area contributed by atoms with Crippen molar-refractivity contribution in [3.05, 3.63) is 35.2 Å². The number of aromatic nitrogens is 1. The lowest BCUT2D eigenvalue weighted by atomic mass is 10.2. The van der Waals surface area contributed by atoms with Crippen molar-refractivity contribution in [2.24, 2.45) is 0 Å². The molecule has 0 aliphatic carbocycles. The van der Waals surface area contributed by atoms with E-state index in [1.165, 1.54) is 0 Å². The van der Waals surface area contributed by atoms with Crippen LogP contribution in [0.3, 0.4) is 0 Å². The molecule has 0 atom stereocenters. The van der Waals surface area contributed by atoms with E-state index in [1.54, 1.807) is 33.5 Å². The monoisotopic (exact) mass is 346 g/mol. The van der Waals surface area contributed by atoms with E-state index in [9.17, 15) is 4.79 Å². The van der Waals surface area contributed by atoms with E-state index in [2.05, 4.69) is 23.7 Å². The fraction of sp³-hybridized carbons (Fsp3) is 0.421. The fourth-order valence-electron chi connectivity index (χ4n) is 3.15. The summed E-state index contributed by atoms with van der Waals surface area (Å²) >= 11 is 0. The Kier molecular flexibility index (Phi) is 5.62. The van der Waals surface area contributed by atoms with Gasteiger partial charge in [0, 0.05) is 35.2 Å². The fourth-order valence-corrected chi connectivity index (χ4v) is 3.15. The SMILES string of the molecule is COc1cc(NC(=O)c2cc(C)n(C(C)C)c2C)cc(OC)c1OC. The van der Waals surface area contributed by atoms with Crippen LogP contribution >= 0.6 is 0 Å².